The van der Waals surface area contributed by atoms with E-state index < -0.39 is 11.9 Å². The van der Waals surface area contributed by atoms with Crippen molar-refractivity contribution in [2.24, 2.45) is 5.92 Å². The van der Waals surface area contributed by atoms with Gasteiger partial charge in [0.05, 0.1) is 11.4 Å². The molecule has 2 atom stereocenters. The van der Waals surface area contributed by atoms with E-state index in [0.717, 1.165) is 37.1 Å². The second-order valence-corrected chi connectivity index (χ2v) is 5.71. The third-order valence-electron chi connectivity index (χ3n) is 4.37. The van der Waals surface area contributed by atoms with Crippen molar-refractivity contribution in [2.75, 3.05) is 0 Å². The summed E-state index contributed by atoms with van der Waals surface area (Å²) >= 11 is 0. The summed E-state index contributed by atoms with van der Waals surface area (Å²) in [5, 5.41) is 9.38. The minimum atomic E-state index is -0.770. The van der Waals surface area contributed by atoms with Crippen LogP contribution in [0, 0.1) is 11.7 Å². The fourth-order valence-electron chi connectivity index (χ4n) is 3.44. The zero-order chi connectivity index (χ0) is 15.0. The summed E-state index contributed by atoms with van der Waals surface area (Å²) < 4.78 is 16.0. The maximum absolute atomic E-state index is 14.0. The summed E-state index contributed by atoms with van der Waals surface area (Å²) in [5.74, 6) is -0.885. The van der Waals surface area contributed by atoms with Crippen molar-refractivity contribution in [2.45, 2.75) is 45.1 Å². The Balaban J connectivity index is 2.15. The van der Waals surface area contributed by atoms with Gasteiger partial charge in [0.2, 0.25) is 0 Å². The van der Waals surface area contributed by atoms with Crippen molar-refractivity contribution < 1.29 is 14.3 Å². The Bertz CT molecular complexity index is 680. The lowest BCUT2D eigenvalue weighted by Crippen LogP contribution is -2.20. The number of hydrogen-bond acceptors (Lipinski definition) is 2. The first-order chi connectivity index (χ1) is 10.1. The molecule has 0 aliphatic heterocycles. The summed E-state index contributed by atoms with van der Waals surface area (Å²) in [6.07, 6.45) is 3.28. The van der Waals surface area contributed by atoms with E-state index in [1.165, 1.54) is 6.07 Å². The van der Waals surface area contributed by atoms with Crippen LogP contribution in [0.5, 0.6) is 0 Å². The standard InChI is InChI=1S/C16H19FN2O2/c1-2-9-19-13-8-4-7-12(17)14(13)18-15(19)10-5-3-6-11(10)16(20)21/h4,7-8,10-11H,2-3,5-6,9H2,1H3,(H,20,21). The number of nitrogens with zero attached hydrogens (tertiary/aromatic N) is 2. The maximum Gasteiger partial charge on any atom is 0.307 e. The molecule has 1 aliphatic carbocycles. The van der Waals surface area contributed by atoms with Gasteiger partial charge in [0.1, 0.15) is 11.3 Å². The van der Waals surface area contributed by atoms with E-state index in [4.69, 9.17) is 0 Å². The van der Waals surface area contributed by atoms with E-state index >= 15 is 0 Å². The average Bonchev–Trinajstić information content (AvgIpc) is 3.05. The van der Waals surface area contributed by atoms with E-state index in [1.54, 1.807) is 6.07 Å². The van der Waals surface area contributed by atoms with Crippen LogP contribution in [0.25, 0.3) is 11.0 Å². The summed E-state index contributed by atoms with van der Waals surface area (Å²) in [6, 6.07) is 4.94. The van der Waals surface area contributed by atoms with Crippen molar-refractivity contribution in [1.82, 2.24) is 9.55 Å². The van der Waals surface area contributed by atoms with Gasteiger partial charge in [-0.15, -0.1) is 0 Å². The highest BCUT2D eigenvalue weighted by Gasteiger charge is 2.37. The first kappa shape index (κ1) is 14.0. The van der Waals surface area contributed by atoms with Gasteiger partial charge in [-0.2, -0.15) is 0 Å². The molecule has 1 aliphatic rings. The van der Waals surface area contributed by atoms with E-state index in [9.17, 15) is 14.3 Å². The number of carbonyl (C=O) groups is 1. The number of imidazole rings is 1. The number of rotatable bonds is 4. The highest BCUT2D eigenvalue weighted by Crippen LogP contribution is 2.40. The second kappa shape index (κ2) is 5.47. The molecule has 1 aromatic carbocycles. The molecule has 2 aromatic rings. The lowest BCUT2D eigenvalue weighted by atomic mass is 9.95. The van der Waals surface area contributed by atoms with Crippen LogP contribution in [0.1, 0.15) is 44.3 Å². The number of para-hydroxylation sites is 1. The summed E-state index contributed by atoms with van der Waals surface area (Å²) in [5.41, 5.74) is 1.12. The van der Waals surface area contributed by atoms with Crippen molar-refractivity contribution in [3.05, 3.63) is 29.8 Å². The molecule has 21 heavy (non-hydrogen) atoms. The van der Waals surface area contributed by atoms with E-state index in [1.807, 2.05) is 10.6 Å². The number of carboxylic acid groups (broad SMARTS) is 1. The smallest absolute Gasteiger partial charge is 0.307 e. The van der Waals surface area contributed by atoms with Crippen LogP contribution in [-0.2, 0) is 11.3 Å². The van der Waals surface area contributed by atoms with E-state index in [-0.39, 0.29) is 11.7 Å². The first-order valence-corrected chi connectivity index (χ1v) is 7.51. The molecule has 0 spiro atoms. The Labute approximate surface area is 122 Å². The molecule has 1 heterocycles. The van der Waals surface area contributed by atoms with Gasteiger partial charge in [0.25, 0.3) is 0 Å². The third-order valence-corrected chi connectivity index (χ3v) is 4.37. The SMILES string of the molecule is CCCn1c(C2CCCC2C(=O)O)nc2c(F)cccc21. The van der Waals surface area contributed by atoms with Crippen molar-refractivity contribution in [3.63, 3.8) is 0 Å². The normalized spacial score (nSPS) is 22.0. The van der Waals surface area contributed by atoms with Gasteiger partial charge in [0, 0.05) is 12.5 Å². The van der Waals surface area contributed by atoms with Crippen LogP contribution >= 0.6 is 0 Å². The van der Waals surface area contributed by atoms with Gasteiger partial charge < -0.3 is 9.67 Å². The Morgan fingerprint density at radius 2 is 2.29 bits per heavy atom. The summed E-state index contributed by atoms with van der Waals surface area (Å²) in [6.45, 7) is 2.79. The van der Waals surface area contributed by atoms with Gasteiger partial charge in [-0.05, 0) is 31.4 Å². The van der Waals surface area contributed by atoms with E-state index in [0.29, 0.717) is 11.9 Å². The quantitative estimate of drug-likeness (QED) is 0.936. The highest BCUT2D eigenvalue weighted by molar-refractivity contribution is 5.77. The van der Waals surface area contributed by atoms with Crippen LogP contribution in [0.15, 0.2) is 18.2 Å². The lowest BCUT2D eigenvalue weighted by Gasteiger charge is -2.17. The number of aromatic nitrogens is 2. The maximum atomic E-state index is 14.0. The fraction of sp³-hybridized carbons (Fsp3) is 0.500. The molecule has 1 N–H and O–H groups in total. The van der Waals surface area contributed by atoms with Gasteiger partial charge >= 0.3 is 5.97 Å². The first-order valence-electron chi connectivity index (χ1n) is 7.51. The molecule has 1 aromatic heterocycles. The Morgan fingerprint density at radius 3 is 3.00 bits per heavy atom. The van der Waals surface area contributed by atoms with Crippen molar-refractivity contribution in [3.8, 4) is 0 Å². The second-order valence-electron chi connectivity index (χ2n) is 5.71. The average molecular weight is 290 g/mol. The number of halogens is 1. The monoisotopic (exact) mass is 290 g/mol. The molecule has 1 saturated carbocycles. The molecule has 4 nitrogen and oxygen atoms in total. The minimum absolute atomic E-state index is 0.110. The van der Waals surface area contributed by atoms with Crippen LogP contribution in [0.2, 0.25) is 0 Å². The van der Waals surface area contributed by atoms with Crippen LogP contribution in [-0.4, -0.2) is 20.6 Å². The molecular weight excluding hydrogens is 271 g/mol. The molecule has 0 bridgehead atoms. The number of hydrogen-bond donors (Lipinski definition) is 1. The molecule has 112 valence electrons. The van der Waals surface area contributed by atoms with Crippen molar-refractivity contribution in [1.29, 1.82) is 0 Å². The molecule has 0 radical (unpaired) electrons. The summed E-state index contributed by atoms with van der Waals surface area (Å²) in [7, 11) is 0. The van der Waals surface area contributed by atoms with Gasteiger partial charge in [-0.1, -0.05) is 19.4 Å². The van der Waals surface area contributed by atoms with Crippen LogP contribution in [0.4, 0.5) is 4.39 Å². The number of aryl methyl sites for hydroxylation is 1. The fourth-order valence-corrected chi connectivity index (χ4v) is 3.44. The largest absolute Gasteiger partial charge is 0.481 e. The van der Waals surface area contributed by atoms with Crippen LogP contribution < -0.4 is 0 Å². The highest BCUT2D eigenvalue weighted by atomic mass is 19.1. The number of benzene rings is 1. The van der Waals surface area contributed by atoms with Crippen molar-refractivity contribution >= 4 is 17.0 Å². The minimum Gasteiger partial charge on any atom is -0.481 e. The zero-order valence-corrected chi connectivity index (χ0v) is 12.1. The molecule has 1 fully saturated rings. The molecule has 5 heteroatoms. The predicted octanol–water partition coefficient (Wildman–Crippen LogP) is 3.55. The summed E-state index contributed by atoms with van der Waals surface area (Å²) in [4.78, 5) is 15.9. The molecule has 2 unspecified atom stereocenters. The Hall–Kier alpha value is -1.91. The lowest BCUT2D eigenvalue weighted by molar-refractivity contribution is -0.142. The van der Waals surface area contributed by atoms with E-state index in [2.05, 4.69) is 11.9 Å². The van der Waals surface area contributed by atoms with Gasteiger partial charge in [0.15, 0.2) is 5.82 Å². The third kappa shape index (κ3) is 2.30. The molecule has 3 rings (SSSR count). The predicted molar refractivity (Wildman–Crippen MR) is 77.7 cm³/mol. The Kier molecular flexibility index (Phi) is 3.66. The number of aliphatic carboxylic acids is 1. The number of fused-ring (bicyclic) bond motifs is 1. The topological polar surface area (TPSA) is 55.1 Å². The Morgan fingerprint density at radius 1 is 1.48 bits per heavy atom. The van der Waals surface area contributed by atoms with Crippen LogP contribution in [0.3, 0.4) is 0 Å². The molecule has 0 saturated heterocycles. The number of carboxylic acids is 1. The van der Waals surface area contributed by atoms with Gasteiger partial charge in [-0.3, -0.25) is 4.79 Å². The molecule has 0 amide bonds. The zero-order valence-electron chi connectivity index (χ0n) is 12.1. The van der Waals surface area contributed by atoms with Gasteiger partial charge in [-0.25, -0.2) is 9.37 Å². The molecular formula is C16H19FN2O2.